The quantitative estimate of drug-likeness (QED) is 0.755. The van der Waals surface area contributed by atoms with Crippen LogP contribution in [0.5, 0.6) is 0 Å². The van der Waals surface area contributed by atoms with Crippen molar-refractivity contribution in [3.8, 4) is 0 Å². The molecule has 0 atom stereocenters. The highest BCUT2D eigenvalue weighted by Crippen LogP contribution is 1.99. The molecule has 0 aliphatic carbocycles. The van der Waals surface area contributed by atoms with E-state index in [2.05, 4.69) is 19.9 Å². The maximum absolute atomic E-state index is 11.5. The third-order valence-electron chi connectivity index (χ3n) is 1.88. The number of nitrogens with zero attached hydrogens (tertiary/aromatic N) is 3. The molecule has 14 heavy (non-hydrogen) atoms. The number of aromatic amines is 1. The molecule has 5 nitrogen and oxygen atoms in total. The largest absolute Gasteiger partial charge is 0.309 e. The zero-order valence-electron chi connectivity index (χ0n) is 7.82. The van der Waals surface area contributed by atoms with Crippen LogP contribution < -0.4 is 5.56 Å². The maximum Gasteiger partial charge on any atom is 0.279 e. The molecule has 0 aliphatic heterocycles. The number of fused-ring (bicyclic) bond motifs is 1. The minimum Gasteiger partial charge on any atom is -0.309 e. The van der Waals surface area contributed by atoms with Crippen LogP contribution in [0.25, 0.3) is 11.2 Å². The van der Waals surface area contributed by atoms with Crippen LogP contribution in [0.3, 0.4) is 0 Å². The molecule has 0 bridgehead atoms. The van der Waals surface area contributed by atoms with E-state index in [9.17, 15) is 4.79 Å². The second-order valence-electron chi connectivity index (χ2n) is 2.99. The number of hydrogen-bond acceptors (Lipinski definition) is 4. The van der Waals surface area contributed by atoms with Crippen LogP contribution >= 0.6 is 0 Å². The molecule has 0 saturated heterocycles. The Morgan fingerprint density at radius 2 is 2.14 bits per heavy atom. The lowest BCUT2D eigenvalue weighted by Crippen LogP contribution is -2.13. The van der Waals surface area contributed by atoms with Crippen molar-refractivity contribution < 1.29 is 0 Å². The molecule has 2 aromatic heterocycles. The number of aromatic nitrogens is 4. The van der Waals surface area contributed by atoms with E-state index in [1.165, 1.54) is 12.4 Å². The summed E-state index contributed by atoms with van der Waals surface area (Å²) in [6.45, 7) is 2.03. The molecular formula is C9H10N4O. The fourth-order valence-corrected chi connectivity index (χ4v) is 1.27. The number of nitrogens with one attached hydrogen (secondary N) is 1. The summed E-state index contributed by atoms with van der Waals surface area (Å²) in [6, 6.07) is 0. The van der Waals surface area contributed by atoms with Crippen LogP contribution in [-0.2, 0) is 6.42 Å². The van der Waals surface area contributed by atoms with Crippen molar-refractivity contribution in [2.24, 2.45) is 0 Å². The fraction of sp³-hybridized carbons (Fsp3) is 0.333. The van der Waals surface area contributed by atoms with E-state index in [0.29, 0.717) is 17.0 Å². The lowest BCUT2D eigenvalue weighted by molar-refractivity contribution is 0.832. The zero-order valence-corrected chi connectivity index (χ0v) is 7.82. The van der Waals surface area contributed by atoms with Gasteiger partial charge in [0.25, 0.3) is 5.56 Å². The Morgan fingerprint density at radius 3 is 2.93 bits per heavy atom. The second-order valence-corrected chi connectivity index (χ2v) is 2.99. The Labute approximate surface area is 80.2 Å². The Bertz CT molecular complexity index is 505. The van der Waals surface area contributed by atoms with Gasteiger partial charge in [0, 0.05) is 18.8 Å². The first-order valence-electron chi connectivity index (χ1n) is 4.51. The standard InChI is InChI=1S/C9H10N4O/c1-2-3-6-12-8-7(9(14)13-6)10-4-5-11-8/h4-5H,2-3H2,1H3,(H,11,12,13,14). The molecule has 0 fully saturated rings. The molecule has 0 radical (unpaired) electrons. The Kier molecular flexibility index (Phi) is 2.22. The van der Waals surface area contributed by atoms with Crippen molar-refractivity contribution in [2.75, 3.05) is 0 Å². The second kappa shape index (κ2) is 3.53. The van der Waals surface area contributed by atoms with Crippen LogP contribution in [-0.4, -0.2) is 19.9 Å². The van der Waals surface area contributed by atoms with Gasteiger partial charge in [-0.3, -0.25) is 4.79 Å². The van der Waals surface area contributed by atoms with Crippen LogP contribution in [0.15, 0.2) is 17.2 Å². The molecule has 5 heteroatoms. The van der Waals surface area contributed by atoms with Gasteiger partial charge in [0.1, 0.15) is 5.82 Å². The average Bonchev–Trinajstić information content (AvgIpc) is 2.18. The highest BCUT2D eigenvalue weighted by atomic mass is 16.1. The van der Waals surface area contributed by atoms with E-state index in [-0.39, 0.29) is 5.56 Å². The van der Waals surface area contributed by atoms with E-state index < -0.39 is 0 Å². The number of hydrogen-bond donors (Lipinski definition) is 1. The molecule has 2 rings (SSSR count). The molecule has 0 amide bonds. The number of rotatable bonds is 2. The SMILES string of the molecule is CCCc1nc2nccnc2c(=O)[nH]1. The lowest BCUT2D eigenvalue weighted by atomic mass is 10.3. The summed E-state index contributed by atoms with van der Waals surface area (Å²) in [6.07, 6.45) is 4.71. The molecule has 72 valence electrons. The predicted octanol–water partition coefficient (Wildman–Crippen LogP) is 0.666. The summed E-state index contributed by atoms with van der Waals surface area (Å²) in [5.74, 6) is 0.672. The molecule has 0 aromatic carbocycles. The smallest absolute Gasteiger partial charge is 0.279 e. The predicted molar refractivity (Wildman–Crippen MR) is 51.9 cm³/mol. The third-order valence-corrected chi connectivity index (χ3v) is 1.88. The Morgan fingerprint density at radius 1 is 1.36 bits per heavy atom. The van der Waals surface area contributed by atoms with Crippen molar-refractivity contribution in [3.63, 3.8) is 0 Å². The van der Waals surface area contributed by atoms with E-state index in [1.54, 1.807) is 0 Å². The molecule has 0 aliphatic rings. The summed E-state index contributed by atoms with van der Waals surface area (Å²) in [5.41, 5.74) is 0.499. The van der Waals surface area contributed by atoms with Crippen LogP contribution in [0, 0.1) is 0 Å². The monoisotopic (exact) mass is 190 g/mol. The van der Waals surface area contributed by atoms with Gasteiger partial charge in [0.2, 0.25) is 0 Å². The van der Waals surface area contributed by atoms with Gasteiger partial charge in [-0.15, -0.1) is 0 Å². The first kappa shape index (κ1) is 8.80. The average molecular weight is 190 g/mol. The molecule has 2 aromatic rings. The molecule has 1 N–H and O–H groups in total. The third kappa shape index (κ3) is 1.48. The van der Waals surface area contributed by atoms with Gasteiger partial charge in [-0.1, -0.05) is 6.92 Å². The zero-order chi connectivity index (χ0) is 9.97. The minimum absolute atomic E-state index is 0.216. The van der Waals surface area contributed by atoms with E-state index >= 15 is 0 Å². The van der Waals surface area contributed by atoms with Crippen LogP contribution in [0.2, 0.25) is 0 Å². The molecule has 0 spiro atoms. The number of H-pyrrole nitrogens is 1. The summed E-state index contributed by atoms with van der Waals surface area (Å²) in [5, 5.41) is 0. The van der Waals surface area contributed by atoms with Gasteiger partial charge >= 0.3 is 0 Å². The van der Waals surface area contributed by atoms with Gasteiger partial charge in [0.05, 0.1) is 0 Å². The summed E-state index contributed by atoms with van der Waals surface area (Å²) >= 11 is 0. The van der Waals surface area contributed by atoms with Gasteiger partial charge in [-0.05, 0) is 6.42 Å². The van der Waals surface area contributed by atoms with Crippen molar-refractivity contribution >= 4 is 11.2 Å². The normalized spacial score (nSPS) is 10.6. The summed E-state index contributed by atoms with van der Waals surface area (Å²) in [4.78, 5) is 26.3. The van der Waals surface area contributed by atoms with Crippen LogP contribution in [0.1, 0.15) is 19.2 Å². The molecule has 2 heterocycles. The van der Waals surface area contributed by atoms with Gasteiger partial charge in [-0.25, -0.2) is 15.0 Å². The molecule has 0 saturated carbocycles. The van der Waals surface area contributed by atoms with E-state index in [0.717, 1.165) is 12.8 Å². The Balaban J connectivity index is 2.66. The van der Waals surface area contributed by atoms with Crippen molar-refractivity contribution in [1.82, 2.24) is 19.9 Å². The highest BCUT2D eigenvalue weighted by Gasteiger charge is 2.03. The minimum atomic E-state index is -0.216. The maximum atomic E-state index is 11.5. The fourth-order valence-electron chi connectivity index (χ4n) is 1.27. The first-order valence-corrected chi connectivity index (χ1v) is 4.51. The molecular weight excluding hydrogens is 180 g/mol. The highest BCUT2D eigenvalue weighted by molar-refractivity contribution is 5.67. The van der Waals surface area contributed by atoms with E-state index in [4.69, 9.17) is 0 Å². The topological polar surface area (TPSA) is 71.5 Å². The van der Waals surface area contributed by atoms with Crippen molar-refractivity contribution in [2.45, 2.75) is 19.8 Å². The van der Waals surface area contributed by atoms with Crippen molar-refractivity contribution in [3.05, 3.63) is 28.6 Å². The van der Waals surface area contributed by atoms with E-state index in [1.807, 2.05) is 6.92 Å². The lowest BCUT2D eigenvalue weighted by Gasteiger charge is -1.98. The van der Waals surface area contributed by atoms with Crippen molar-refractivity contribution in [1.29, 1.82) is 0 Å². The van der Waals surface area contributed by atoms with Gasteiger partial charge < -0.3 is 4.98 Å². The first-order chi connectivity index (χ1) is 6.81. The van der Waals surface area contributed by atoms with Crippen LogP contribution in [0.4, 0.5) is 0 Å². The summed E-state index contributed by atoms with van der Waals surface area (Å²) < 4.78 is 0. The van der Waals surface area contributed by atoms with Gasteiger partial charge in [-0.2, -0.15) is 0 Å². The number of aryl methyl sites for hydroxylation is 1. The van der Waals surface area contributed by atoms with Gasteiger partial charge in [0.15, 0.2) is 11.2 Å². The molecule has 0 unspecified atom stereocenters. The Hall–Kier alpha value is -1.78. The summed E-state index contributed by atoms with van der Waals surface area (Å²) in [7, 11) is 0.